The van der Waals surface area contributed by atoms with Crippen molar-refractivity contribution in [3.63, 3.8) is 0 Å². The van der Waals surface area contributed by atoms with E-state index < -0.39 is 12.1 Å². The molecule has 1 saturated carbocycles. The summed E-state index contributed by atoms with van der Waals surface area (Å²) < 4.78 is 52.2. The Hall–Kier alpha value is -1.10. The van der Waals surface area contributed by atoms with Crippen molar-refractivity contribution in [2.75, 3.05) is 7.05 Å². The molecule has 1 N–H and O–H groups in total. The molecule has 0 saturated heterocycles. The van der Waals surface area contributed by atoms with E-state index in [4.69, 9.17) is 0 Å². The molecule has 1 aliphatic rings. The van der Waals surface area contributed by atoms with Crippen molar-refractivity contribution >= 4 is 0 Å². The minimum atomic E-state index is -4.12. The Morgan fingerprint density at radius 3 is 2.52 bits per heavy atom. The van der Waals surface area contributed by atoms with Crippen LogP contribution in [0.5, 0.6) is 0 Å². The zero-order valence-electron chi connectivity index (χ0n) is 12.3. The van der Waals surface area contributed by atoms with Crippen LogP contribution in [0.4, 0.5) is 17.6 Å². The van der Waals surface area contributed by atoms with Crippen LogP contribution in [0.1, 0.15) is 42.9 Å². The van der Waals surface area contributed by atoms with Gasteiger partial charge in [0.15, 0.2) is 0 Å². The van der Waals surface area contributed by atoms with E-state index >= 15 is 0 Å². The van der Waals surface area contributed by atoms with E-state index in [2.05, 4.69) is 5.32 Å². The van der Waals surface area contributed by atoms with Gasteiger partial charge >= 0.3 is 6.18 Å². The lowest BCUT2D eigenvalue weighted by atomic mass is 9.75. The van der Waals surface area contributed by atoms with E-state index in [1.165, 1.54) is 6.07 Å². The van der Waals surface area contributed by atoms with Gasteiger partial charge in [0, 0.05) is 6.04 Å². The lowest BCUT2D eigenvalue weighted by Crippen LogP contribution is -2.34. The molecule has 1 aromatic rings. The van der Waals surface area contributed by atoms with E-state index in [1.807, 2.05) is 0 Å². The summed E-state index contributed by atoms with van der Waals surface area (Å²) in [7, 11) is 1.75. The van der Waals surface area contributed by atoms with Gasteiger partial charge in [-0.2, -0.15) is 13.2 Å². The lowest BCUT2D eigenvalue weighted by molar-refractivity contribution is -0.186. The molecular formula is C16H21F4N. The van der Waals surface area contributed by atoms with Crippen molar-refractivity contribution < 1.29 is 17.6 Å². The van der Waals surface area contributed by atoms with Crippen molar-refractivity contribution in [3.05, 3.63) is 35.1 Å². The Morgan fingerprint density at radius 1 is 1.24 bits per heavy atom. The fourth-order valence-electron chi connectivity index (χ4n) is 3.36. The number of nitrogens with one attached hydrogen (secondary N) is 1. The van der Waals surface area contributed by atoms with Gasteiger partial charge in [-0.05, 0) is 56.3 Å². The number of benzene rings is 1. The molecule has 1 aliphatic carbocycles. The number of aryl methyl sites for hydroxylation is 1. The highest BCUT2D eigenvalue weighted by Crippen LogP contribution is 2.43. The monoisotopic (exact) mass is 303 g/mol. The molecule has 0 aromatic heterocycles. The Kier molecular flexibility index (Phi) is 4.91. The van der Waals surface area contributed by atoms with Gasteiger partial charge < -0.3 is 5.32 Å². The number of hydrogen-bond acceptors (Lipinski definition) is 1. The first-order chi connectivity index (χ1) is 9.82. The van der Waals surface area contributed by atoms with E-state index in [-0.39, 0.29) is 30.6 Å². The highest BCUT2D eigenvalue weighted by atomic mass is 19.4. The Bertz CT molecular complexity index is 484. The minimum absolute atomic E-state index is 0.0692. The Morgan fingerprint density at radius 2 is 1.95 bits per heavy atom. The summed E-state index contributed by atoms with van der Waals surface area (Å²) in [5.41, 5.74) is 1.39. The quantitative estimate of drug-likeness (QED) is 0.794. The zero-order valence-corrected chi connectivity index (χ0v) is 12.3. The number of rotatable bonds is 3. The summed E-state index contributed by atoms with van der Waals surface area (Å²) in [4.78, 5) is 0. The van der Waals surface area contributed by atoms with Crippen molar-refractivity contribution in [2.45, 2.75) is 44.8 Å². The van der Waals surface area contributed by atoms with Gasteiger partial charge in [0.05, 0.1) is 5.92 Å². The van der Waals surface area contributed by atoms with Crippen LogP contribution in [0.3, 0.4) is 0 Å². The van der Waals surface area contributed by atoms with Crippen LogP contribution in [0.15, 0.2) is 18.2 Å². The molecule has 118 valence electrons. The van der Waals surface area contributed by atoms with Crippen LogP contribution >= 0.6 is 0 Å². The van der Waals surface area contributed by atoms with Crippen molar-refractivity contribution in [2.24, 2.45) is 11.8 Å². The number of halogens is 4. The highest BCUT2D eigenvalue weighted by molar-refractivity contribution is 5.27. The standard InChI is InChI=1S/C16H21F4N/c1-10-8-12(6-7-14(10)17)15(21-2)11-4-3-5-13(9-11)16(18,19)20/h6-8,11,13,15,21H,3-5,9H2,1-2H3. The van der Waals surface area contributed by atoms with Gasteiger partial charge in [0.25, 0.3) is 0 Å². The molecule has 0 radical (unpaired) electrons. The second-order valence-corrected chi connectivity index (χ2v) is 5.94. The highest BCUT2D eigenvalue weighted by Gasteiger charge is 2.43. The fraction of sp³-hybridized carbons (Fsp3) is 0.625. The molecule has 2 rings (SSSR count). The van der Waals surface area contributed by atoms with Gasteiger partial charge in [0.2, 0.25) is 0 Å². The molecule has 1 nitrogen and oxygen atoms in total. The van der Waals surface area contributed by atoms with Gasteiger partial charge in [-0.1, -0.05) is 18.6 Å². The van der Waals surface area contributed by atoms with Crippen LogP contribution in [0, 0.1) is 24.6 Å². The largest absolute Gasteiger partial charge is 0.391 e. The maximum absolute atomic E-state index is 13.4. The lowest BCUT2D eigenvalue weighted by Gasteiger charge is -2.35. The Labute approximate surface area is 122 Å². The van der Waals surface area contributed by atoms with Gasteiger partial charge in [-0.25, -0.2) is 4.39 Å². The average Bonchev–Trinajstić information content (AvgIpc) is 2.43. The molecular weight excluding hydrogens is 282 g/mol. The predicted molar refractivity (Wildman–Crippen MR) is 74.4 cm³/mol. The first kappa shape index (κ1) is 16.3. The SMILES string of the molecule is CNC(c1ccc(F)c(C)c1)C1CCCC(C(F)(F)F)C1. The maximum Gasteiger partial charge on any atom is 0.391 e. The van der Waals surface area contributed by atoms with E-state index in [0.717, 1.165) is 12.0 Å². The first-order valence-electron chi connectivity index (χ1n) is 7.33. The number of alkyl halides is 3. The van der Waals surface area contributed by atoms with Crippen molar-refractivity contribution in [1.82, 2.24) is 5.32 Å². The molecule has 21 heavy (non-hydrogen) atoms. The smallest absolute Gasteiger partial charge is 0.313 e. The molecule has 0 amide bonds. The molecule has 3 atom stereocenters. The third-order valence-corrected chi connectivity index (χ3v) is 4.50. The maximum atomic E-state index is 13.4. The van der Waals surface area contributed by atoms with E-state index in [9.17, 15) is 17.6 Å². The van der Waals surface area contributed by atoms with Crippen molar-refractivity contribution in [1.29, 1.82) is 0 Å². The minimum Gasteiger partial charge on any atom is -0.313 e. The second kappa shape index (κ2) is 6.34. The summed E-state index contributed by atoms with van der Waals surface area (Å²) in [5.74, 6) is -1.57. The fourth-order valence-corrected chi connectivity index (χ4v) is 3.36. The molecule has 3 unspecified atom stereocenters. The summed E-state index contributed by atoms with van der Waals surface area (Å²) in [6.45, 7) is 1.67. The van der Waals surface area contributed by atoms with E-state index in [0.29, 0.717) is 12.0 Å². The molecule has 1 fully saturated rings. The van der Waals surface area contributed by atoms with Crippen LogP contribution in [-0.4, -0.2) is 13.2 Å². The van der Waals surface area contributed by atoms with Crippen LogP contribution < -0.4 is 5.32 Å². The molecule has 0 bridgehead atoms. The van der Waals surface area contributed by atoms with Gasteiger partial charge in [-0.15, -0.1) is 0 Å². The normalized spacial score (nSPS) is 24.9. The van der Waals surface area contributed by atoms with Crippen LogP contribution in [0.25, 0.3) is 0 Å². The topological polar surface area (TPSA) is 12.0 Å². The summed E-state index contributed by atoms with van der Waals surface area (Å²) in [5, 5.41) is 3.12. The average molecular weight is 303 g/mol. The first-order valence-corrected chi connectivity index (χ1v) is 7.33. The second-order valence-electron chi connectivity index (χ2n) is 5.94. The third-order valence-electron chi connectivity index (χ3n) is 4.50. The molecule has 0 aliphatic heterocycles. The van der Waals surface area contributed by atoms with Gasteiger partial charge in [-0.3, -0.25) is 0 Å². The number of hydrogen-bond donors (Lipinski definition) is 1. The zero-order chi connectivity index (χ0) is 15.6. The van der Waals surface area contributed by atoms with Crippen LogP contribution in [-0.2, 0) is 0 Å². The third kappa shape index (κ3) is 3.76. The van der Waals surface area contributed by atoms with Crippen molar-refractivity contribution in [3.8, 4) is 0 Å². The summed E-state index contributed by atoms with van der Waals surface area (Å²) in [6.07, 6.45) is -2.39. The summed E-state index contributed by atoms with van der Waals surface area (Å²) >= 11 is 0. The Balaban J connectivity index is 2.18. The molecule has 0 spiro atoms. The molecule has 5 heteroatoms. The van der Waals surface area contributed by atoms with E-state index in [1.54, 1.807) is 26.1 Å². The summed E-state index contributed by atoms with van der Waals surface area (Å²) in [6, 6.07) is 4.63. The van der Waals surface area contributed by atoms with Crippen LogP contribution in [0.2, 0.25) is 0 Å². The molecule has 1 aromatic carbocycles. The van der Waals surface area contributed by atoms with Gasteiger partial charge in [0.1, 0.15) is 5.82 Å². The molecule has 0 heterocycles. The predicted octanol–water partition coefficient (Wildman–Crippen LogP) is 4.76.